The van der Waals surface area contributed by atoms with Gasteiger partial charge in [0.1, 0.15) is 24.6 Å². The molecule has 2 aromatic carbocycles. The highest BCUT2D eigenvalue weighted by atomic mass is 16.5. The molecular weight excluding hydrogens is 460 g/mol. The van der Waals surface area contributed by atoms with Crippen molar-refractivity contribution in [2.24, 2.45) is 0 Å². The second-order valence-electron chi connectivity index (χ2n) is 8.83. The monoisotopic (exact) mass is 492 g/mol. The van der Waals surface area contributed by atoms with Crippen LogP contribution in [0, 0.1) is 0 Å². The largest absolute Gasteiger partial charge is 0.868 e. The van der Waals surface area contributed by atoms with Crippen LogP contribution in [0.2, 0.25) is 0 Å². The van der Waals surface area contributed by atoms with E-state index in [0.717, 1.165) is 38.4 Å². The molecule has 1 fully saturated rings. The van der Waals surface area contributed by atoms with Crippen molar-refractivity contribution >= 4 is 17.8 Å². The van der Waals surface area contributed by atoms with Crippen molar-refractivity contribution in [3.63, 3.8) is 0 Å². The summed E-state index contributed by atoms with van der Waals surface area (Å²) in [5.74, 6) is -0.913. The molecule has 36 heavy (non-hydrogen) atoms. The van der Waals surface area contributed by atoms with Crippen LogP contribution in [-0.4, -0.2) is 70.2 Å². The molecule has 2 heterocycles. The van der Waals surface area contributed by atoms with Crippen molar-refractivity contribution in [2.75, 3.05) is 53.6 Å². The zero-order valence-corrected chi connectivity index (χ0v) is 20.7. The van der Waals surface area contributed by atoms with E-state index in [2.05, 4.69) is 0 Å². The molecule has 1 atom stereocenters. The average Bonchev–Trinajstić information content (AvgIpc) is 3.17. The fraction of sp³-hybridized carbons (Fsp3) is 0.357. The number of nitrogens with zero attached hydrogens (tertiary/aromatic N) is 1. The predicted molar refractivity (Wildman–Crippen MR) is 133 cm³/mol. The molecule has 190 valence electrons. The van der Waals surface area contributed by atoms with Gasteiger partial charge in [-0.25, -0.2) is 0 Å². The number of methoxy groups -OCH3 is 2. The van der Waals surface area contributed by atoms with Gasteiger partial charge in [-0.1, -0.05) is 36.4 Å². The molecule has 0 aliphatic carbocycles. The van der Waals surface area contributed by atoms with E-state index in [9.17, 15) is 14.7 Å². The van der Waals surface area contributed by atoms with Crippen LogP contribution >= 0.6 is 0 Å². The van der Waals surface area contributed by atoms with Gasteiger partial charge >= 0.3 is 0 Å². The van der Waals surface area contributed by atoms with Gasteiger partial charge in [-0.15, -0.1) is 0 Å². The first-order chi connectivity index (χ1) is 17.5. The molecule has 1 amide bonds. The predicted octanol–water partition coefficient (Wildman–Crippen LogP) is 0.789. The Morgan fingerprint density at radius 3 is 2.58 bits per heavy atom. The number of ketones is 1. The first kappa shape index (κ1) is 25.5. The molecule has 0 bridgehead atoms. The number of ether oxygens (including phenoxy) is 3. The van der Waals surface area contributed by atoms with Gasteiger partial charge in [0.2, 0.25) is 5.91 Å². The highest BCUT2D eigenvalue weighted by Gasteiger charge is 2.40. The fourth-order valence-corrected chi connectivity index (χ4v) is 4.73. The van der Waals surface area contributed by atoms with Crippen LogP contribution in [-0.2, 0) is 14.3 Å². The van der Waals surface area contributed by atoms with Gasteiger partial charge in [0.25, 0.3) is 0 Å². The molecule has 0 radical (unpaired) electrons. The Labute approximate surface area is 211 Å². The standard InChI is InChI=1S/C28H32N2O6/c1-34-21-10-12-24(35-2)22(19-21)26-25(23(31)11-9-20-7-4-3-5-8-20)27(32)28(33)30(26)14-6-13-29-15-17-36-18-16-29/h3-5,7-12,19,26,32H,6,13-18H2,1-2H3/b11-9+. The number of allylic oxidation sites excluding steroid dienone is 1. The fourth-order valence-electron chi connectivity index (χ4n) is 4.73. The maximum atomic E-state index is 13.4. The Bertz CT molecular complexity index is 1140. The van der Waals surface area contributed by atoms with Crippen LogP contribution in [0.5, 0.6) is 11.5 Å². The summed E-state index contributed by atoms with van der Waals surface area (Å²) in [7, 11) is 3.06. The van der Waals surface area contributed by atoms with E-state index in [1.54, 1.807) is 24.3 Å². The summed E-state index contributed by atoms with van der Waals surface area (Å²) in [6.07, 6.45) is 3.70. The Morgan fingerprint density at radius 1 is 1.14 bits per heavy atom. The molecule has 4 rings (SSSR count). The van der Waals surface area contributed by atoms with E-state index >= 15 is 0 Å². The minimum absolute atomic E-state index is 0.0718. The highest BCUT2D eigenvalue weighted by Crippen LogP contribution is 2.42. The smallest absolute Gasteiger partial charge is 0.239 e. The number of amides is 1. The Hall–Kier alpha value is -3.62. The van der Waals surface area contributed by atoms with Crippen LogP contribution in [0.3, 0.4) is 0 Å². The Morgan fingerprint density at radius 2 is 1.89 bits per heavy atom. The average molecular weight is 493 g/mol. The van der Waals surface area contributed by atoms with Gasteiger partial charge in [-0.2, -0.15) is 0 Å². The molecular formula is C28H32N2O6. The molecule has 1 N–H and O–H groups in total. The number of benzene rings is 2. The topological polar surface area (TPSA) is 92.6 Å². The van der Waals surface area contributed by atoms with Gasteiger partial charge in [-0.05, 0) is 35.6 Å². The highest BCUT2D eigenvalue weighted by molar-refractivity contribution is 6.14. The summed E-state index contributed by atoms with van der Waals surface area (Å²) >= 11 is 0. The number of rotatable bonds is 10. The van der Waals surface area contributed by atoms with Crippen molar-refractivity contribution in [1.29, 1.82) is 0 Å². The van der Waals surface area contributed by atoms with Gasteiger partial charge in [0, 0.05) is 24.1 Å². The zero-order chi connectivity index (χ0) is 25.5. The third-order valence-electron chi connectivity index (χ3n) is 6.64. The molecule has 1 saturated heterocycles. The minimum Gasteiger partial charge on any atom is -0.868 e. The van der Waals surface area contributed by atoms with Crippen LogP contribution in [0.4, 0.5) is 0 Å². The van der Waals surface area contributed by atoms with Crippen LogP contribution in [0.1, 0.15) is 23.6 Å². The van der Waals surface area contributed by atoms with E-state index in [-0.39, 0.29) is 5.57 Å². The van der Waals surface area contributed by atoms with Crippen LogP contribution in [0.15, 0.2) is 65.9 Å². The summed E-state index contributed by atoms with van der Waals surface area (Å²) in [4.78, 5) is 29.5. The molecule has 0 spiro atoms. The number of hydrogen-bond donors (Lipinski definition) is 1. The van der Waals surface area contributed by atoms with Crippen LogP contribution < -0.4 is 19.5 Å². The van der Waals surface area contributed by atoms with Gasteiger partial charge in [0.05, 0.1) is 40.0 Å². The van der Waals surface area contributed by atoms with Gasteiger partial charge in [-0.3, -0.25) is 9.59 Å². The van der Waals surface area contributed by atoms with Crippen molar-refractivity contribution in [1.82, 2.24) is 4.90 Å². The molecule has 1 unspecified atom stereocenters. The zero-order valence-electron chi connectivity index (χ0n) is 20.7. The molecule has 2 aliphatic rings. The first-order valence-electron chi connectivity index (χ1n) is 12.2. The Kier molecular flexibility index (Phi) is 8.40. The van der Waals surface area contributed by atoms with Crippen LogP contribution in [0.25, 0.3) is 6.08 Å². The summed E-state index contributed by atoms with van der Waals surface area (Å²) in [5.41, 5.74) is 1.30. The number of carbonyl (C=O) groups is 2. The second-order valence-corrected chi connectivity index (χ2v) is 8.83. The molecule has 0 aromatic heterocycles. The number of quaternary nitrogens is 1. The number of hydrogen-bond acceptors (Lipinski definition) is 6. The summed E-state index contributed by atoms with van der Waals surface area (Å²) in [6.45, 7) is 4.47. The lowest BCUT2D eigenvalue weighted by molar-refractivity contribution is -0.908. The normalized spacial score (nSPS) is 18.8. The van der Waals surface area contributed by atoms with Crippen molar-refractivity contribution < 1.29 is 33.8 Å². The lowest BCUT2D eigenvalue weighted by atomic mass is 9.94. The lowest BCUT2D eigenvalue weighted by Gasteiger charge is -2.30. The Balaban J connectivity index is 1.66. The van der Waals surface area contributed by atoms with E-state index in [4.69, 9.17) is 14.2 Å². The molecule has 2 aliphatic heterocycles. The molecule has 8 heteroatoms. The second kappa shape index (κ2) is 11.9. The first-order valence-corrected chi connectivity index (χ1v) is 12.2. The van der Waals surface area contributed by atoms with Gasteiger partial charge < -0.3 is 29.1 Å². The minimum atomic E-state index is -0.859. The third-order valence-corrected chi connectivity index (χ3v) is 6.64. The molecule has 8 nitrogen and oxygen atoms in total. The molecule has 0 saturated carbocycles. The summed E-state index contributed by atoms with van der Waals surface area (Å²) in [5, 5.41) is 13.2. The summed E-state index contributed by atoms with van der Waals surface area (Å²) in [6, 6.07) is 13.7. The van der Waals surface area contributed by atoms with Gasteiger partial charge in [0.15, 0.2) is 5.78 Å². The number of morpholine rings is 1. The van der Waals surface area contributed by atoms with Crippen molar-refractivity contribution in [2.45, 2.75) is 12.5 Å². The number of carbonyl (C=O) groups excluding carboxylic acids is 2. The molecule has 2 aromatic rings. The van der Waals surface area contributed by atoms with E-state index in [0.29, 0.717) is 30.0 Å². The third kappa shape index (κ3) is 5.61. The quantitative estimate of drug-likeness (QED) is 0.493. The summed E-state index contributed by atoms with van der Waals surface area (Å²) < 4.78 is 16.4. The van der Waals surface area contributed by atoms with Crippen molar-refractivity contribution in [3.05, 3.63) is 77.1 Å². The van der Waals surface area contributed by atoms with E-state index in [1.165, 1.54) is 30.1 Å². The van der Waals surface area contributed by atoms with Crippen molar-refractivity contribution in [3.8, 4) is 11.5 Å². The van der Waals surface area contributed by atoms with E-state index < -0.39 is 23.5 Å². The van der Waals surface area contributed by atoms with E-state index in [1.807, 2.05) is 30.3 Å². The maximum absolute atomic E-state index is 13.4. The number of nitrogens with one attached hydrogen (secondary N) is 1. The lowest BCUT2D eigenvalue weighted by Crippen LogP contribution is -3.14. The maximum Gasteiger partial charge on any atom is 0.239 e. The SMILES string of the molecule is COc1ccc(OC)c(C2C(C(=O)/C=C/c3ccccc3)=C([O-])C(=O)N2CCC[NH+]2CCOCC2)c1.